The first kappa shape index (κ1) is 9.51. The van der Waals surface area contributed by atoms with E-state index in [4.69, 9.17) is 21.8 Å². The van der Waals surface area contributed by atoms with Crippen molar-refractivity contribution in [3.8, 4) is 0 Å². The summed E-state index contributed by atoms with van der Waals surface area (Å²) in [7, 11) is 0. The Hall–Kier alpha value is -0.580. The molecule has 0 bridgehead atoms. The van der Waals surface area contributed by atoms with Crippen molar-refractivity contribution in [3.63, 3.8) is 0 Å². The average molecular weight is 191 g/mol. The molecule has 0 aliphatic heterocycles. The molecule has 5 heteroatoms. The number of hydrogen-bond acceptors (Lipinski definition) is 4. The minimum Gasteiger partial charge on any atom is -0.430 e. The second-order valence-corrected chi connectivity index (χ2v) is 3.04. The summed E-state index contributed by atoms with van der Waals surface area (Å²) < 4.78 is 4.96. The van der Waals surface area contributed by atoms with Crippen LogP contribution in [0.2, 0.25) is 5.35 Å². The molecule has 0 aliphatic carbocycles. The number of oxazole rings is 1. The third kappa shape index (κ3) is 1.77. The van der Waals surface area contributed by atoms with Crippen LogP contribution in [0, 0.1) is 6.92 Å². The highest BCUT2D eigenvalue weighted by Crippen LogP contribution is 2.22. The summed E-state index contributed by atoms with van der Waals surface area (Å²) in [6, 6.07) is -0.396. The van der Waals surface area contributed by atoms with Gasteiger partial charge in [0.15, 0.2) is 5.76 Å². The maximum Gasteiger partial charge on any atom is 0.292 e. The Bertz CT molecular complexity index is 272. The number of halogens is 1. The van der Waals surface area contributed by atoms with Gasteiger partial charge in [-0.3, -0.25) is 0 Å². The van der Waals surface area contributed by atoms with E-state index in [1.807, 2.05) is 0 Å². The summed E-state index contributed by atoms with van der Waals surface area (Å²) in [5.41, 5.74) is 6.04. The number of hydrogen-bond donors (Lipinski definition) is 2. The Morgan fingerprint density at radius 2 is 2.25 bits per heavy atom. The smallest absolute Gasteiger partial charge is 0.292 e. The first-order valence-corrected chi connectivity index (χ1v) is 3.96. The molecule has 1 aromatic rings. The van der Waals surface area contributed by atoms with E-state index in [0.717, 1.165) is 0 Å². The third-order valence-corrected chi connectivity index (χ3v) is 1.73. The number of aliphatic hydroxyl groups is 1. The molecule has 0 radical (unpaired) electrons. The van der Waals surface area contributed by atoms with Crippen molar-refractivity contribution in [2.24, 2.45) is 5.73 Å². The molecule has 0 amide bonds. The number of aliphatic hydroxyl groups excluding tert-OH is 1. The lowest BCUT2D eigenvalue weighted by atomic mass is 10.1. The lowest BCUT2D eigenvalue weighted by Crippen LogP contribution is -2.24. The molecule has 0 fully saturated rings. The summed E-state index contributed by atoms with van der Waals surface area (Å²) in [6.45, 7) is 3.39. The van der Waals surface area contributed by atoms with Gasteiger partial charge in [0.25, 0.3) is 5.35 Å². The molecule has 2 unspecified atom stereocenters. The van der Waals surface area contributed by atoms with E-state index in [9.17, 15) is 5.11 Å². The molecule has 0 saturated heterocycles. The molecular formula is C7H11ClN2O2. The molecule has 1 rings (SSSR count). The van der Waals surface area contributed by atoms with Crippen LogP contribution in [0.25, 0.3) is 0 Å². The lowest BCUT2D eigenvalue weighted by Gasteiger charge is -2.11. The Morgan fingerprint density at radius 1 is 1.67 bits per heavy atom. The number of nitrogens with two attached hydrogens (primary N) is 1. The van der Waals surface area contributed by atoms with E-state index < -0.39 is 12.1 Å². The van der Waals surface area contributed by atoms with Crippen molar-refractivity contribution in [1.82, 2.24) is 4.98 Å². The van der Waals surface area contributed by atoms with Crippen molar-refractivity contribution in [2.75, 3.05) is 0 Å². The van der Waals surface area contributed by atoms with Gasteiger partial charge in [-0.25, -0.2) is 4.98 Å². The van der Waals surface area contributed by atoms with Gasteiger partial charge in [0.05, 0.1) is 5.69 Å². The van der Waals surface area contributed by atoms with Gasteiger partial charge < -0.3 is 15.3 Å². The molecule has 0 spiro atoms. The topological polar surface area (TPSA) is 72.3 Å². The molecule has 68 valence electrons. The Balaban J connectivity index is 2.94. The van der Waals surface area contributed by atoms with E-state index in [2.05, 4.69) is 4.98 Å². The molecular weight excluding hydrogens is 180 g/mol. The monoisotopic (exact) mass is 190 g/mol. The maximum absolute atomic E-state index is 9.47. The van der Waals surface area contributed by atoms with Gasteiger partial charge in [0, 0.05) is 6.04 Å². The van der Waals surface area contributed by atoms with Crippen molar-refractivity contribution in [2.45, 2.75) is 26.0 Å². The van der Waals surface area contributed by atoms with Crippen LogP contribution < -0.4 is 5.73 Å². The minimum atomic E-state index is -0.843. The zero-order valence-electron chi connectivity index (χ0n) is 6.91. The van der Waals surface area contributed by atoms with Gasteiger partial charge in [-0.05, 0) is 25.4 Å². The normalized spacial score (nSPS) is 16.1. The minimum absolute atomic E-state index is 0.0298. The van der Waals surface area contributed by atoms with Gasteiger partial charge in [-0.15, -0.1) is 0 Å². The largest absolute Gasteiger partial charge is 0.430 e. The second kappa shape index (κ2) is 3.43. The van der Waals surface area contributed by atoms with Gasteiger partial charge in [0.1, 0.15) is 6.10 Å². The first-order chi connectivity index (χ1) is 5.52. The molecule has 1 heterocycles. The molecule has 12 heavy (non-hydrogen) atoms. The molecule has 3 N–H and O–H groups in total. The van der Waals surface area contributed by atoms with Crippen LogP contribution in [0.5, 0.6) is 0 Å². The standard InChI is InChI=1S/C7H11ClN2O2/c1-3(9)5(11)6-4(2)10-7(8)12-6/h3,5,11H,9H2,1-2H3. The molecule has 2 atom stereocenters. The van der Waals surface area contributed by atoms with E-state index >= 15 is 0 Å². The fourth-order valence-corrected chi connectivity index (χ4v) is 1.10. The van der Waals surface area contributed by atoms with Crippen LogP contribution in [0.3, 0.4) is 0 Å². The predicted molar refractivity (Wildman–Crippen MR) is 44.9 cm³/mol. The number of rotatable bonds is 2. The average Bonchev–Trinajstić information content (AvgIpc) is 2.28. The van der Waals surface area contributed by atoms with Crippen LogP contribution in [0.1, 0.15) is 24.5 Å². The highest BCUT2D eigenvalue weighted by molar-refractivity contribution is 6.27. The summed E-state index contributed by atoms with van der Waals surface area (Å²) in [6.07, 6.45) is -0.843. The van der Waals surface area contributed by atoms with Crippen molar-refractivity contribution >= 4 is 11.6 Å². The summed E-state index contributed by atoms with van der Waals surface area (Å²) in [5, 5.41) is 9.50. The second-order valence-electron chi connectivity index (χ2n) is 2.72. The maximum atomic E-state index is 9.47. The quantitative estimate of drug-likeness (QED) is 0.731. The van der Waals surface area contributed by atoms with Gasteiger partial charge >= 0.3 is 0 Å². The van der Waals surface area contributed by atoms with Crippen LogP contribution in [-0.4, -0.2) is 16.1 Å². The molecule has 0 saturated carbocycles. The van der Waals surface area contributed by atoms with E-state index in [0.29, 0.717) is 11.5 Å². The summed E-state index contributed by atoms with van der Waals surface area (Å²) in [5.74, 6) is 0.343. The van der Waals surface area contributed by atoms with E-state index in [1.54, 1.807) is 13.8 Å². The third-order valence-electron chi connectivity index (χ3n) is 1.57. The molecule has 0 aromatic carbocycles. The van der Waals surface area contributed by atoms with E-state index in [-0.39, 0.29) is 5.35 Å². The molecule has 1 aromatic heterocycles. The highest BCUT2D eigenvalue weighted by Gasteiger charge is 2.20. The summed E-state index contributed by atoms with van der Waals surface area (Å²) >= 11 is 5.48. The number of aryl methyl sites for hydroxylation is 1. The zero-order valence-corrected chi connectivity index (χ0v) is 7.67. The summed E-state index contributed by atoms with van der Waals surface area (Å²) in [4.78, 5) is 3.80. The fraction of sp³-hybridized carbons (Fsp3) is 0.571. The van der Waals surface area contributed by atoms with Crippen molar-refractivity contribution < 1.29 is 9.52 Å². The number of aromatic nitrogens is 1. The van der Waals surface area contributed by atoms with Gasteiger partial charge in [0.2, 0.25) is 0 Å². The van der Waals surface area contributed by atoms with Crippen LogP contribution in [0.15, 0.2) is 4.42 Å². The Kier molecular flexibility index (Phi) is 2.72. The van der Waals surface area contributed by atoms with E-state index in [1.165, 1.54) is 0 Å². The van der Waals surface area contributed by atoms with Crippen molar-refractivity contribution in [1.29, 1.82) is 0 Å². The van der Waals surface area contributed by atoms with Crippen LogP contribution in [-0.2, 0) is 0 Å². The number of nitrogens with zero attached hydrogens (tertiary/aromatic N) is 1. The first-order valence-electron chi connectivity index (χ1n) is 3.59. The lowest BCUT2D eigenvalue weighted by molar-refractivity contribution is 0.126. The van der Waals surface area contributed by atoms with Crippen LogP contribution in [0.4, 0.5) is 0 Å². The molecule has 4 nitrogen and oxygen atoms in total. The highest BCUT2D eigenvalue weighted by atomic mass is 35.5. The molecule has 0 aliphatic rings. The van der Waals surface area contributed by atoms with Crippen molar-refractivity contribution in [3.05, 3.63) is 16.8 Å². The Labute approximate surface area is 75.3 Å². The predicted octanol–water partition coefficient (Wildman–Crippen LogP) is 1.02. The Morgan fingerprint density at radius 3 is 2.58 bits per heavy atom. The SMILES string of the molecule is Cc1nc(Cl)oc1C(O)C(C)N. The van der Waals surface area contributed by atoms with Gasteiger partial charge in [-0.2, -0.15) is 0 Å². The van der Waals surface area contributed by atoms with Crippen LogP contribution >= 0.6 is 11.6 Å². The zero-order chi connectivity index (χ0) is 9.30. The fourth-order valence-electron chi connectivity index (χ4n) is 0.888. The van der Waals surface area contributed by atoms with Gasteiger partial charge in [-0.1, -0.05) is 0 Å².